The number of aliphatic hydroxyl groups excluding tert-OH is 7. The molecule has 37 heavy (non-hydrogen) atoms. The first-order chi connectivity index (χ1) is 17.7. The lowest BCUT2D eigenvalue weighted by molar-refractivity contribution is -0.341. The van der Waals surface area contributed by atoms with E-state index >= 15 is 0 Å². The van der Waals surface area contributed by atoms with Gasteiger partial charge in [0.05, 0.1) is 19.3 Å². The van der Waals surface area contributed by atoms with Crippen LogP contribution in [0.3, 0.4) is 0 Å². The minimum Gasteiger partial charge on any atom is -0.394 e. The van der Waals surface area contributed by atoms with Crippen LogP contribution in [0, 0.1) is 0 Å². The summed E-state index contributed by atoms with van der Waals surface area (Å²) in [6.07, 6.45) is -12.3. The van der Waals surface area contributed by atoms with Crippen LogP contribution in [0.15, 0.2) is 48.5 Å². The highest BCUT2D eigenvalue weighted by Gasteiger charge is 2.50. The number of carbonyl (C=O) groups excluding carboxylic acids is 1. The smallest absolute Gasteiger partial charge is 0.187 e. The second-order valence-corrected chi connectivity index (χ2v) is 9.29. The van der Waals surface area contributed by atoms with E-state index in [1.807, 2.05) is 42.5 Å². The molecule has 2 saturated heterocycles. The van der Waals surface area contributed by atoms with Crippen LogP contribution in [0.1, 0.15) is 12.0 Å². The molecule has 2 aromatic rings. The van der Waals surface area contributed by atoms with E-state index in [0.29, 0.717) is 0 Å². The molecule has 0 bridgehead atoms. The number of allylic oxidation sites excluding steroid dienone is 1. The first-order valence-electron chi connectivity index (χ1n) is 12.0. The highest BCUT2D eigenvalue weighted by molar-refractivity contribution is 5.94. The first-order valence-corrected chi connectivity index (χ1v) is 12.0. The standard InChI is InChI=1S/C26H32O11/c27-11-18-21(31)22(32)24(34)26(36-18)37-25-19(12-28)35-17(20(30)23(25)33)10-16(29)8-6-13-5-7-14-3-1-2-4-15(14)9-13/h1-9,17-28,30-34H,10-12H2/b8-6+/t17-,18+,19+,20-,21+,22-,23+,24+,25+,26-/m0/s1. The molecule has 11 nitrogen and oxygen atoms in total. The summed E-state index contributed by atoms with van der Waals surface area (Å²) >= 11 is 0. The summed E-state index contributed by atoms with van der Waals surface area (Å²) in [4.78, 5) is 12.6. The molecular formula is C26H32O11. The Hall–Kier alpha value is -2.29. The summed E-state index contributed by atoms with van der Waals surface area (Å²) in [5.74, 6) is -0.380. The summed E-state index contributed by atoms with van der Waals surface area (Å²) < 4.78 is 16.5. The zero-order valence-corrected chi connectivity index (χ0v) is 19.9. The maximum Gasteiger partial charge on any atom is 0.187 e. The molecule has 2 fully saturated rings. The Kier molecular flexibility index (Phi) is 9.03. The van der Waals surface area contributed by atoms with Crippen LogP contribution in [0.2, 0.25) is 0 Å². The fraction of sp³-hybridized carbons (Fsp3) is 0.500. The minimum absolute atomic E-state index is 0.286. The summed E-state index contributed by atoms with van der Waals surface area (Å²) in [6, 6.07) is 13.5. The minimum atomic E-state index is -1.75. The average molecular weight is 521 g/mol. The third-order valence-electron chi connectivity index (χ3n) is 6.74. The number of fused-ring (bicyclic) bond motifs is 1. The van der Waals surface area contributed by atoms with Gasteiger partial charge in [0.15, 0.2) is 12.1 Å². The molecule has 0 spiro atoms. The molecule has 10 atom stereocenters. The monoisotopic (exact) mass is 520 g/mol. The quantitative estimate of drug-likeness (QED) is 0.200. The molecule has 2 aliphatic rings. The van der Waals surface area contributed by atoms with E-state index in [-0.39, 0.29) is 12.2 Å². The molecule has 11 heteroatoms. The molecule has 2 heterocycles. The topological polar surface area (TPSA) is 186 Å². The number of rotatable bonds is 8. The SMILES string of the molecule is O=C(/C=C/c1ccc2ccccc2c1)C[C@@H]1O[C@H](CO)[C@@H](O[C@@H]2O[C@H](CO)[C@@H](O)[C@H](O)[C@H]2O)[C@H](O)[C@H]1O. The molecule has 2 aliphatic heterocycles. The second-order valence-electron chi connectivity index (χ2n) is 9.29. The first kappa shape index (κ1) is 27.7. The third-order valence-corrected chi connectivity index (χ3v) is 6.74. The Bertz CT molecular complexity index is 1090. The number of hydrogen-bond donors (Lipinski definition) is 7. The van der Waals surface area contributed by atoms with Crippen molar-refractivity contribution in [2.75, 3.05) is 13.2 Å². The lowest BCUT2D eigenvalue weighted by Gasteiger charge is -2.46. The zero-order valence-electron chi connectivity index (χ0n) is 19.9. The van der Waals surface area contributed by atoms with Crippen molar-refractivity contribution in [3.8, 4) is 0 Å². The Morgan fingerprint density at radius 1 is 0.784 bits per heavy atom. The molecule has 0 aliphatic carbocycles. The van der Waals surface area contributed by atoms with E-state index < -0.39 is 74.4 Å². The molecule has 0 radical (unpaired) electrons. The number of hydrogen-bond acceptors (Lipinski definition) is 11. The van der Waals surface area contributed by atoms with Crippen molar-refractivity contribution in [2.24, 2.45) is 0 Å². The van der Waals surface area contributed by atoms with Gasteiger partial charge in [-0.15, -0.1) is 0 Å². The van der Waals surface area contributed by atoms with Crippen molar-refractivity contribution in [2.45, 2.75) is 67.6 Å². The van der Waals surface area contributed by atoms with Crippen LogP contribution in [0.25, 0.3) is 16.8 Å². The van der Waals surface area contributed by atoms with Crippen molar-refractivity contribution in [1.82, 2.24) is 0 Å². The van der Waals surface area contributed by atoms with Crippen LogP contribution in [0.5, 0.6) is 0 Å². The van der Waals surface area contributed by atoms with Gasteiger partial charge in [-0.25, -0.2) is 0 Å². The molecule has 4 rings (SSSR count). The normalized spacial score (nSPS) is 36.7. The fourth-order valence-electron chi connectivity index (χ4n) is 4.60. The third kappa shape index (κ3) is 6.07. The van der Waals surface area contributed by atoms with Crippen molar-refractivity contribution in [1.29, 1.82) is 0 Å². The van der Waals surface area contributed by atoms with Crippen molar-refractivity contribution in [3.63, 3.8) is 0 Å². The van der Waals surface area contributed by atoms with Gasteiger partial charge in [0.1, 0.15) is 48.8 Å². The van der Waals surface area contributed by atoms with Crippen molar-refractivity contribution in [3.05, 3.63) is 54.1 Å². The van der Waals surface area contributed by atoms with Crippen molar-refractivity contribution < 1.29 is 54.8 Å². The number of carbonyl (C=O) groups is 1. The zero-order chi connectivity index (χ0) is 26.7. The lowest BCUT2D eigenvalue weighted by Crippen LogP contribution is -2.64. The Morgan fingerprint density at radius 2 is 1.46 bits per heavy atom. The molecule has 0 amide bonds. The summed E-state index contributed by atoms with van der Waals surface area (Å²) in [5, 5.41) is 72.6. The Labute approximate surface area is 212 Å². The highest BCUT2D eigenvalue weighted by Crippen LogP contribution is 2.30. The van der Waals surface area contributed by atoms with Gasteiger partial charge in [-0.3, -0.25) is 4.79 Å². The predicted octanol–water partition coefficient (Wildman–Crippen LogP) is -1.52. The largest absolute Gasteiger partial charge is 0.394 e. The lowest BCUT2D eigenvalue weighted by atomic mass is 9.92. The summed E-state index contributed by atoms with van der Waals surface area (Å²) in [7, 11) is 0. The highest BCUT2D eigenvalue weighted by atomic mass is 16.7. The maximum absolute atomic E-state index is 12.6. The Balaban J connectivity index is 1.40. The van der Waals surface area contributed by atoms with E-state index in [4.69, 9.17) is 14.2 Å². The van der Waals surface area contributed by atoms with E-state index in [9.17, 15) is 40.5 Å². The number of ether oxygens (including phenoxy) is 3. The van der Waals surface area contributed by atoms with E-state index in [1.54, 1.807) is 6.08 Å². The molecule has 0 unspecified atom stereocenters. The van der Waals surface area contributed by atoms with Gasteiger partial charge >= 0.3 is 0 Å². The van der Waals surface area contributed by atoms with Crippen LogP contribution < -0.4 is 0 Å². The predicted molar refractivity (Wildman–Crippen MR) is 129 cm³/mol. The van der Waals surface area contributed by atoms with Gasteiger partial charge < -0.3 is 50.0 Å². The number of aliphatic hydroxyl groups is 7. The van der Waals surface area contributed by atoms with Gasteiger partial charge in [-0.1, -0.05) is 42.5 Å². The molecule has 202 valence electrons. The summed E-state index contributed by atoms with van der Waals surface area (Å²) in [5.41, 5.74) is 0.804. The average Bonchev–Trinajstić information content (AvgIpc) is 2.91. The van der Waals surface area contributed by atoms with E-state index in [2.05, 4.69) is 0 Å². The van der Waals surface area contributed by atoms with E-state index in [1.165, 1.54) is 6.08 Å². The van der Waals surface area contributed by atoms with Crippen molar-refractivity contribution >= 4 is 22.6 Å². The number of ketones is 1. The number of benzene rings is 2. The fourth-order valence-corrected chi connectivity index (χ4v) is 4.60. The van der Waals surface area contributed by atoms with Gasteiger partial charge in [-0.2, -0.15) is 0 Å². The van der Waals surface area contributed by atoms with Crippen LogP contribution in [-0.2, 0) is 19.0 Å². The van der Waals surface area contributed by atoms with Crippen LogP contribution >= 0.6 is 0 Å². The van der Waals surface area contributed by atoms with E-state index in [0.717, 1.165) is 16.3 Å². The van der Waals surface area contributed by atoms with Gasteiger partial charge in [-0.05, 0) is 28.5 Å². The van der Waals surface area contributed by atoms with Crippen LogP contribution in [0.4, 0.5) is 0 Å². The second kappa shape index (κ2) is 12.0. The Morgan fingerprint density at radius 3 is 2.16 bits per heavy atom. The summed E-state index contributed by atoms with van der Waals surface area (Å²) in [6.45, 7) is -1.35. The van der Waals surface area contributed by atoms with Gasteiger partial charge in [0, 0.05) is 6.42 Å². The molecule has 2 aromatic carbocycles. The molecule has 7 N–H and O–H groups in total. The van der Waals surface area contributed by atoms with Gasteiger partial charge in [0.2, 0.25) is 0 Å². The maximum atomic E-state index is 12.6. The molecule has 0 aromatic heterocycles. The van der Waals surface area contributed by atoms with Gasteiger partial charge in [0.25, 0.3) is 0 Å². The molecule has 0 saturated carbocycles. The molecular weight excluding hydrogens is 488 g/mol. The van der Waals surface area contributed by atoms with Crippen LogP contribution in [-0.4, -0.2) is 116 Å².